The van der Waals surface area contributed by atoms with Crippen molar-refractivity contribution in [3.8, 4) is 11.5 Å². The summed E-state index contributed by atoms with van der Waals surface area (Å²) in [7, 11) is 0. The number of carbonyl (C=O) groups is 3. The molecule has 184 valence electrons. The van der Waals surface area contributed by atoms with Crippen LogP contribution in [0.25, 0.3) is 6.08 Å². The lowest BCUT2D eigenvalue weighted by Gasteiger charge is -2.14. The molecule has 36 heavy (non-hydrogen) atoms. The minimum absolute atomic E-state index is 0.0348. The van der Waals surface area contributed by atoms with Crippen LogP contribution in [0.15, 0.2) is 70.0 Å². The summed E-state index contributed by atoms with van der Waals surface area (Å²) in [6, 6.07) is 15.4. The van der Waals surface area contributed by atoms with E-state index in [2.05, 4.69) is 15.9 Å². The van der Waals surface area contributed by atoms with E-state index in [1.165, 1.54) is 24.3 Å². The molecule has 0 aliphatic carbocycles. The molecule has 0 bridgehead atoms. The van der Waals surface area contributed by atoms with Gasteiger partial charge in [-0.3, -0.25) is 14.5 Å². The molecule has 0 spiro atoms. The molecule has 2 amide bonds. The van der Waals surface area contributed by atoms with E-state index in [1.54, 1.807) is 49.4 Å². The summed E-state index contributed by atoms with van der Waals surface area (Å²) in [4.78, 5) is 39.4. The van der Waals surface area contributed by atoms with Gasteiger partial charge in [0.1, 0.15) is 5.82 Å². The van der Waals surface area contributed by atoms with E-state index in [4.69, 9.17) is 21.1 Å². The van der Waals surface area contributed by atoms with E-state index >= 15 is 0 Å². The van der Waals surface area contributed by atoms with Crippen molar-refractivity contribution in [3.63, 3.8) is 0 Å². The lowest BCUT2D eigenvalue weighted by Crippen LogP contribution is -2.27. The third kappa shape index (κ3) is 5.80. The minimum Gasteiger partial charge on any atom is -0.490 e. The fourth-order valence-corrected chi connectivity index (χ4v) is 4.96. The number of hydrogen-bond donors (Lipinski definition) is 0. The van der Waals surface area contributed by atoms with Crippen LogP contribution in [-0.4, -0.2) is 28.6 Å². The second-order valence-electron chi connectivity index (χ2n) is 7.53. The Kier molecular flexibility index (Phi) is 8.13. The molecule has 4 rings (SSSR count). The number of halogens is 3. The van der Waals surface area contributed by atoms with Gasteiger partial charge in [0.05, 0.1) is 33.1 Å². The summed E-state index contributed by atoms with van der Waals surface area (Å²) < 4.78 is 24.8. The molecule has 3 aromatic carbocycles. The van der Waals surface area contributed by atoms with Gasteiger partial charge >= 0.3 is 5.97 Å². The molecule has 0 N–H and O–H groups in total. The van der Waals surface area contributed by atoms with Gasteiger partial charge in [0.25, 0.3) is 11.1 Å². The zero-order valence-electron chi connectivity index (χ0n) is 18.8. The van der Waals surface area contributed by atoms with E-state index in [0.717, 1.165) is 16.7 Å². The number of amides is 2. The van der Waals surface area contributed by atoms with Crippen molar-refractivity contribution in [2.24, 2.45) is 0 Å². The number of nitrogens with zero attached hydrogens (tertiary/aromatic N) is 1. The van der Waals surface area contributed by atoms with Crippen molar-refractivity contribution in [2.45, 2.75) is 13.5 Å². The first-order chi connectivity index (χ1) is 17.3. The highest BCUT2D eigenvalue weighted by Crippen LogP contribution is 2.40. The molecule has 10 heteroatoms. The summed E-state index contributed by atoms with van der Waals surface area (Å²) in [5.41, 5.74) is 1.38. The van der Waals surface area contributed by atoms with Crippen molar-refractivity contribution < 1.29 is 28.2 Å². The first-order valence-corrected chi connectivity index (χ1v) is 12.7. The Morgan fingerprint density at radius 3 is 2.56 bits per heavy atom. The van der Waals surface area contributed by atoms with Crippen molar-refractivity contribution in [1.82, 2.24) is 4.90 Å². The molecule has 1 fully saturated rings. The van der Waals surface area contributed by atoms with Crippen molar-refractivity contribution >= 4 is 62.5 Å². The summed E-state index contributed by atoms with van der Waals surface area (Å²) in [5.74, 6) is -1.09. The van der Waals surface area contributed by atoms with Gasteiger partial charge < -0.3 is 9.47 Å². The number of carbonyl (C=O) groups excluding carboxylic acids is 3. The highest BCUT2D eigenvalue weighted by molar-refractivity contribution is 9.10. The number of rotatable bonds is 7. The number of imide groups is 1. The van der Waals surface area contributed by atoms with Crippen LogP contribution in [0, 0.1) is 5.82 Å². The molecule has 0 atom stereocenters. The van der Waals surface area contributed by atoms with Crippen LogP contribution in [0.5, 0.6) is 11.5 Å². The SMILES string of the molecule is CCOc1cc(/C=C2\SC(=O)N(Cc3ccc(F)cc3)C2=O)cc(Br)c1OC(=O)c1ccccc1Cl. The lowest BCUT2D eigenvalue weighted by molar-refractivity contribution is -0.123. The molecular formula is C26H18BrClFNO5S. The average Bonchev–Trinajstić information content (AvgIpc) is 3.10. The third-order valence-electron chi connectivity index (χ3n) is 5.05. The van der Waals surface area contributed by atoms with Crippen LogP contribution >= 0.6 is 39.3 Å². The quantitative estimate of drug-likeness (QED) is 0.166. The Balaban J connectivity index is 1.59. The number of thioether (sulfide) groups is 1. The van der Waals surface area contributed by atoms with Crippen LogP contribution in [0.4, 0.5) is 9.18 Å². The van der Waals surface area contributed by atoms with Crippen molar-refractivity contribution in [1.29, 1.82) is 0 Å². The lowest BCUT2D eigenvalue weighted by atomic mass is 10.1. The standard InChI is InChI=1S/C26H18BrClFNO5S/c1-2-34-21-12-16(11-19(27)23(21)35-25(32)18-5-3-4-6-20(18)28)13-22-24(31)30(26(33)36-22)14-15-7-9-17(29)10-8-15/h3-13H,2,14H2,1H3/b22-13-. The number of benzene rings is 3. The number of esters is 1. The highest BCUT2D eigenvalue weighted by Gasteiger charge is 2.35. The predicted octanol–water partition coefficient (Wildman–Crippen LogP) is 7.10. The Morgan fingerprint density at radius 2 is 1.86 bits per heavy atom. The third-order valence-corrected chi connectivity index (χ3v) is 6.87. The first-order valence-electron chi connectivity index (χ1n) is 10.7. The van der Waals surface area contributed by atoms with Gasteiger partial charge in [-0.15, -0.1) is 0 Å². The van der Waals surface area contributed by atoms with Gasteiger partial charge in [-0.05, 0) is 88.2 Å². The molecule has 1 saturated heterocycles. The van der Waals surface area contributed by atoms with Crippen LogP contribution in [-0.2, 0) is 11.3 Å². The zero-order valence-corrected chi connectivity index (χ0v) is 22.0. The summed E-state index contributed by atoms with van der Waals surface area (Å²) in [5, 5.41) is -0.172. The maximum Gasteiger partial charge on any atom is 0.345 e. The van der Waals surface area contributed by atoms with Crippen LogP contribution in [0.3, 0.4) is 0 Å². The topological polar surface area (TPSA) is 72.9 Å². The maximum atomic E-state index is 13.2. The maximum absolute atomic E-state index is 13.2. The van der Waals surface area contributed by atoms with E-state index in [9.17, 15) is 18.8 Å². The summed E-state index contributed by atoms with van der Waals surface area (Å²) in [6.45, 7) is 2.11. The molecule has 0 radical (unpaired) electrons. The van der Waals surface area contributed by atoms with Crippen LogP contribution in [0.1, 0.15) is 28.4 Å². The van der Waals surface area contributed by atoms with Crippen molar-refractivity contribution in [2.75, 3.05) is 6.61 Å². The number of hydrogen-bond acceptors (Lipinski definition) is 6. The Morgan fingerprint density at radius 1 is 1.14 bits per heavy atom. The Hall–Kier alpha value is -3.14. The van der Waals surface area contributed by atoms with Gasteiger partial charge in [0.2, 0.25) is 0 Å². The molecule has 3 aromatic rings. The van der Waals surface area contributed by atoms with Gasteiger partial charge in [-0.2, -0.15) is 0 Å². The molecule has 0 unspecified atom stereocenters. The average molecular weight is 591 g/mol. The van der Waals surface area contributed by atoms with Crippen LogP contribution < -0.4 is 9.47 Å². The molecule has 1 aliphatic rings. The van der Waals surface area contributed by atoms with Gasteiger partial charge in [-0.1, -0.05) is 35.9 Å². The molecular weight excluding hydrogens is 573 g/mol. The molecule has 1 heterocycles. The minimum atomic E-state index is -0.656. The normalized spacial score (nSPS) is 14.4. The smallest absolute Gasteiger partial charge is 0.345 e. The van der Waals surface area contributed by atoms with E-state index in [0.29, 0.717) is 22.2 Å². The Bertz CT molecular complexity index is 1380. The summed E-state index contributed by atoms with van der Waals surface area (Å²) in [6.07, 6.45) is 1.56. The predicted molar refractivity (Wildman–Crippen MR) is 140 cm³/mol. The largest absolute Gasteiger partial charge is 0.490 e. The second kappa shape index (κ2) is 11.3. The fourth-order valence-electron chi connectivity index (χ4n) is 3.37. The molecule has 6 nitrogen and oxygen atoms in total. The second-order valence-corrected chi connectivity index (χ2v) is 9.78. The Labute approximate surface area is 224 Å². The first kappa shape index (κ1) is 25.9. The van der Waals surface area contributed by atoms with Gasteiger partial charge in [0, 0.05) is 0 Å². The molecule has 0 aromatic heterocycles. The van der Waals surface area contributed by atoms with Crippen LogP contribution in [0.2, 0.25) is 5.02 Å². The molecule has 0 saturated carbocycles. The van der Waals surface area contributed by atoms with Crippen molar-refractivity contribution in [3.05, 3.63) is 97.6 Å². The summed E-state index contributed by atoms with van der Waals surface area (Å²) >= 11 is 10.3. The van der Waals surface area contributed by atoms with E-state index in [-0.39, 0.29) is 33.5 Å². The van der Waals surface area contributed by atoms with E-state index in [1.807, 2.05) is 0 Å². The monoisotopic (exact) mass is 589 g/mol. The van der Waals surface area contributed by atoms with Gasteiger partial charge in [0.15, 0.2) is 11.5 Å². The molecule has 1 aliphatic heterocycles. The fraction of sp³-hybridized carbons (Fsp3) is 0.115. The zero-order chi connectivity index (χ0) is 25.8. The van der Waals surface area contributed by atoms with Gasteiger partial charge in [-0.25, -0.2) is 9.18 Å². The van der Waals surface area contributed by atoms with E-state index < -0.39 is 22.9 Å². The highest BCUT2D eigenvalue weighted by atomic mass is 79.9. The number of ether oxygens (including phenoxy) is 2.